The Bertz CT molecular complexity index is 955. The van der Waals surface area contributed by atoms with E-state index in [1.54, 1.807) is 30.7 Å². The van der Waals surface area contributed by atoms with Gasteiger partial charge in [0.05, 0.1) is 17.5 Å². The summed E-state index contributed by atoms with van der Waals surface area (Å²) in [5, 5.41) is 34.5. The summed E-state index contributed by atoms with van der Waals surface area (Å²) < 4.78 is 30.0. The van der Waals surface area contributed by atoms with Crippen LogP contribution < -0.4 is 4.72 Å². The van der Waals surface area contributed by atoms with Gasteiger partial charge in [0.1, 0.15) is 21.6 Å². The Kier molecular flexibility index (Phi) is 6.71. The predicted molar refractivity (Wildman–Crippen MR) is 117 cm³/mol. The molecule has 1 saturated carbocycles. The van der Waals surface area contributed by atoms with Crippen molar-refractivity contribution in [2.45, 2.75) is 57.3 Å². The first-order chi connectivity index (χ1) is 14.0. The van der Waals surface area contributed by atoms with Gasteiger partial charge >= 0.3 is 0 Å². The van der Waals surface area contributed by atoms with Crippen LogP contribution in [0.15, 0.2) is 22.9 Å². The van der Waals surface area contributed by atoms with Gasteiger partial charge < -0.3 is 10.2 Å². The highest BCUT2D eigenvalue weighted by molar-refractivity contribution is 8.26. The molecular weight excluding hydrogens is 432 g/mol. The van der Waals surface area contributed by atoms with E-state index in [1.807, 2.05) is 0 Å². The maximum absolute atomic E-state index is 12.7. The molecule has 0 aromatic carbocycles. The third-order valence-electron chi connectivity index (χ3n) is 4.42. The van der Waals surface area contributed by atoms with Crippen molar-refractivity contribution in [3.63, 3.8) is 0 Å². The zero-order chi connectivity index (χ0) is 22.1. The molecule has 1 aromatic rings. The van der Waals surface area contributed by atoms with Gasteiger partial charge in [-0.05, 0) is 69.3 Å². The largest absolute Gasteiger partial charge is 0.390 e. The molecule has 30 heavy (non-hydrogen) atoms. The summed E-state index contributed by atoms with van der Waals surface area (Å²) in [5.74, 6) is 0.486. The van der Waals surface area contributed by atoms with Crippen LogP contribution in [-0.4, -0.2) is 47.6 Å². The lowest BCUT2D eigenvalue weighted by atomic mass is 9.99. The Morgan fingerprint density at radius 3 is 2.73 bits per heavy atom. The van der Waals surface area contributed by atoms with E-state index in [2.05, 4.69) is 15.4 Å². The normalized spacial score (nSPS) is 17.3. The lowest BCUT2D eigenvalue weighted by Gasteiger charge is -2.17. The molecule has 0 bridgehead atoms. The SMILES string of the molecule is CC(C)(O)CCC1=C=CC(SNC2(O)CC2)=Cn2c(C(=N)SC(=N)C(F)F)cnc21. The summed E-state index contributed by atoms with van der Waals surface area (Å²) in [4.78, 5) is 5.03. The third kappa shape index (κ3) is 5.90. The first-order valence-corrected chi connectivity index (χ1v) is 10.9. The van der Waals surface area contributed by atoms with Gasteiger partial charge in [-0.15, -0.1) is 5.73 Å². The maximum atomic E-state index is 12.7. The van der Waals surface area contributed by atoms with E-state index in [-0.39, 0.29) is 10.7 Å². The summed E-state index contributed by atoms with van der Waals surface area (Å²) in [6.07, 6.45) is 4.09. The second-order valence-electron chi connectivity index (χ2n) is 7.78. The molecule has 5 N–H and O–H groups in total. The summed E-state index contributed by atoms with van der Waals surface area (Å²) >= 11 is 1.58. The molecule has 0 spiro atoms. The van der Waals surface area contributed by atoms with Crippen molar-refractivity contribution in [3.8, 4) is 0 Å². The Hall–Kier alpha value is -1.75. The molecule has 2 heterocycles. The Balaban J connectivity index is 1.92. The molecule has 0 unspecified atom stereocenters. The van der Waals surface area contributed by atoms with Crippen molar-refractivity contribution < 1.29 is 19.0 Å². The van der Waals surface area contributed by atoms with Gasteiger partial charge in [-0.1, -0.05) is 0 Å². The fourth-order valence-corrected chi connectivity index (χ4v) is 3.87. The molecule has 11 heteroatoms. The van der Waals surface area contributed by atoms with Gasteiger partial charge in [-0.2, -0.15) is 0 Å². The lowest BCUT2D eigenvalue weighted by molar-refractivity contribution is 0.0727. The highest BCUT2D eigenvalue weighted by atomic mass is 32.2. The molecule has 7 nitrogen and oxygen atoms in total. The molecule has 3 rings (SSSR count). The first-order valence-electron chi connectivity index (χ1n) is 9.24. The van der Waals surface area contributed by atoms with E-state index in [9.17, 15) is 19.0 Å². The summed E-state index contributed by atoms with van der Waals surface area (Å²) in [7, 11) is 0. The van der Waals surface area contributed by atoms with Crippen molar-refractivity contribution >= 4 is 45.6 Å². The van der Waals surface area contributed by atoms with Crippen molar-refractivity contribution in [2.75, 3.05) is 0 Å². The van der Waals surface area contributed by atoms with E-state index in [4.69, 9.17) is 10.8 Å². The number of fused-ring (bicyclic) bond motifs is 1. The average molecular weight is 456 g/mol. The number of imidazole rings is 1. The van der Waals surface area contributed by atoms with Crippen LogP contribution in [0.2, 0.25) is 0 Å². The van der Waals surface area contributed by atoms with E-state index in [0.717, 1.165) is 0 Å². The molecule has 0 atom stereocenters. The minimum Gasteiger partial charge on any atom is -0.390 e. The molecular formula is C19H23F2N5O2S2. The molecule has 0 radical (unpaired) electrons. The Morgan fingerprint density at radius 1 is 1.43 bits per heavy atom. The number of nitrogens with zero attached hydrogens (tertiary/aromatic N) is 2. The van der Waals surface area contributed by atoms with Crippen LogP contribution in [0.1, 0.15) is 51.0 Å². The molecule has 1 aliphatic carbocycles. The van der Waals surface area contributed by atoms with Gasteiger partial charge in [0.25, 0.3) is 6.43 Å². The van der Waals surface area contributed by atoms with Crippen LogP contribution in [0.5, 0.6) is 0 Å². The zero-order valence-electron chi connectivity index (χ0n) is 16.5. The number of alkyl halides is 2. The number of nitrogens with one attached hydrogen (secondary N) is 3. The van der Waals surface area contributed by atoms with E-state index in [1.165, 1.54) is 18.1 Å². The maximum Gasteiger partial charge on any atom is 0.285 e. The monoisotopic (exact) mass is 455 g/mol. The number of aromatic nitrogens is 2. The van der Waals surface area contributed by atoms with Crippen molar-refractivity contribution in [1.82, 2.24) is 14.3 Å². The van der Waals surface area contributed by atoms with Gasteiger partial charge in [-0.3, -0.25) is 15.4 Å². The fraction of sp³-hybridized carbons (Fsp3) is 0.474. The molecule has 0 amide bonds. The summed E-state index contributed by atoms with van der Waals surface area (Å²) in [6.45, 7) is 3.40. The molecule has 1 aliphatic heterocycles. The molecule has 2 aliphatic rings. The first kappa shape index (κ1) is 22.9. The van der Waals surface area contributed by atoms with Gasteiger partial charge in [0.15, 0.2) is 0 Å². The van der Waals surface area contributed by atoms with Crippen LogP contribution in [0.25, 0.3) is 11.8 Å². The smallest absolute Gasteiger partial charge is 0.285 e. The van der Waals surface area contributed by atoms with Crippen molar-refractivity contribution in [3.05, 3.63) is 34.4 Å². The second-order valence-corrected chi connectivity index (χ2v) is 9.71. The van der Waals surface area contributed by atoms with Crippen LogP contribution in [0.4, 0.5) is 8.78 Å². The van der Waals surface area contributed by atoms with Gasteiger partial charge in [0, 0.05) is 16.7 Å². The van der Waals surface area contributed by atoms with Crippen LogP contribution in [-0.2, 0) is 0 Å². The van der Waals surface area contributed by atoms with E-state index < -0.39 is 22.8 Å². The predicted octanol–water partition coefficient (Wildman–Crippen LogP) is 3.81. The number of allylic oxidation sites excluding steroid dienone is 1. The molecule has 1 aromatic heterocycles. The lowest BCUT2D eigenvalue weighted by Crippen LogP contribution is -2.23. The number of halogens is 2. The third-order valence-corrected chi connectivity index (χ3v) is 6.18. The van der Waals surface area contributed by atoms with Crippen LogP contribution >= 0.6 is 23.7 Å². The topological polar surface area (TPSA) is 118 Å². The van der Waals surface area contributed by atoms with Crippen molar-refractivity contribution in [2.24, 2.45) is 0 Å². The minimum absolute atomic E-state index is 0.225. The second kappa shape index (κ2) is 8.78. The van der Waals surface area contributed by atoms with E-state index >= 15 is 0 Å². The minimum atomic E-state index is -2.95. The average Bonchev–Trinajstić information content (AvgIpc) is 3.29. The molecule has 0 saturated heterocycles. The summed E-state index contributed by atoms with van der Waals surface area (Å²) in [6, 6.07) is 0. The fourth-order valence-electron chi connectivity index (χ4n) is 2.52. The quantitative estimate of drug-likeness (QED) is 0.134. The van der Waals surface area contributed by atoms with Crippen LogP contribution in [0.3, 0.4) is 0 Å². The number of aliphatic hydroxyl groups is 2. The zero-order valence-corrected chi connectivity index (χ0v) is 18.1. The standard InChI is InChI=1S/C19H23F2N5O2S2/c1-18(2,27)6-5-11-3-4-12(30-25-19(28)7-8-19)10-26-13(9-24-17(11)26)15(22)29-16(23)14(20)21/h4,9-10,14,22-23,25,27-28H,5-8H2,1-2H3. The summed E-state index contributed by atoms with van der Waals surface area (Å²) in [5.41, 5.74) is 2.35. The molecule has 162 valence electrons. The van der Waals surface area contributed by atoms with Crippen molar-refractivity contribution in [1.29, 1.82) is 10.8 Å². The highest BCUT2D eigenvalue weighted by Crippen LogP contribution is 2.36. The van der Waals surface area contributed by atoms with E-state index in [0.29, 0.717) is 53.7 Å². The highest BCUT2D eigenvalue weighted by Gasteiger charge is 2.40. The van der Waals surface area contributed by atoms with Crippen LogP contribution in [0, 0.1) is 10.8 Å². The van der Waals surface area contributed by atoms with Gasteiger partial charge in [-0.25, -0.2) is 18.5 Å². The Morgan fingerprint density at radius 2 is 2.13 bits per heavy atom. The van der Waals surface area contributed by atoms with Gasteiger partial charge in [0.2, 0.25) is 0 Å². The molecule has 1 fully saturated rings. The Labute approximate surface area is 181 Å². The number of hydrogen-bond acceptors (Lipinski definition) is 8. The number of rotatable bonds is 8. The number of hydrogen-bond donors (Lipinski definition) is 5. The number of thioether (sulfide) groups is 1.